The Morgan fingerprint density at radius 1 is 1.16 bits per heavy atom. The minimum absolute atomic E-state index is 0.0181. The third-order valence-electron chi connectivity index (χ3n) is 5.92. The Balaban J connectivity index is 1.42. The Hall–Kier alpha value is -2.77. The number of nitrogens with zero attached hydrogens (tertiary/aromatic N) is 1. The first-order valence-corrected chi connectivity index (χ1v) is 11.4. The van der Waals surface area contributed by atoms with E-state index in [2.05, 4.69) is 20.9 Å². The minimum atomic E-state index is -0.333. The Morgan fingerprint density at radius 3 is 2.62 bits per heavy atom. The van der Waals surface area contributed by atoms with Crippen molar-refractivity contribution in [1.82, 2.24) is 15.5 Å². The number of methoxy groups -OCH3 is 1. The van der Waals surface area contributed by atoms with Crippen LogP contribution in [-0.4, -0.2) is 49.6 Å². The number of anilines is 1. The normalized spacial score (nSPS) is 16.9. The zero-order valence-corrected chi connectivity index (χ0v) is 19.0. The van der Waals surface area contributed by atoms with E-state index in [0.717, 1.165) is 50.1 Å². The van der Waals surface area contributed by atoms with E-state index in [9.17, 15) is 9.59 Å². The Kier molecular flexibility index (Phi) is 7.17. The fourth-order valence-corrected chi connectivity index (χ4v) is 4.27. The molecule has 0 aromatic heterocycles. The number of urea groups is 1. The highest BCUT2D eigenvalue weighted by Crippen LogP contribution is 2.31. The van der Waals surface area contributed by atoms with E-state index in [4.69, 9.17) is 16.3 Å². The van der Waals surface area contributed by atoms with Gasteiger partial charge in [0, 0.05) is 23.8 Å². The Bertz CT molecular complexity index is 973. The highest BCUT2D eigenvalue weighted by molar-refractivity contribution is 6.34. The van der Waals surface area contributed by atoms with Crippen LogP contribution in [0.1, 0.15) is 47.6 Å². The quantitative estimate of drug-likeness (QED) is 0.556. The third-order valence-corrected chi connectivity index (χ3v) is 6.25. The lowest BCUT2D eigenvalue weighted by Crippen LogP contribution is -2.38. The number of halogens is 1. The van der Waals surface area contributed by atoms with Crippen LogP contribution >= 0.6 is 11.6 Å². The summed E-state index contributed by atoms with van der Waals surface area (Å²) in [6.07, 6.45) is 4.28. The van der Waals surface area contributed by atoms with Crippen molar-refractivity contribution in [1.29, 1.82) is 0 Å². The van der Waals surface area contributed by atoms with Crippen LogP contribution in [0.4, 0.5) is 10.5 Å². The molecule has 7 nitrogen and oxygen atoms in total. The molecule has 1 atom stereocenters. The van der Waals surface area contributed by atoms with E-state index in [-0.39, 0.29) is 24.0 Å². The van der Waals surface area contributed by atoms with Crippen molar-refractivity contribution in [3.8, 4) is 5.75 Å². The first kappa shape index (κ1) is 22.4. The second-order valence-corrected chi connectivity index (χ2v) is 8.69. The Labute approximate surface area is 193 Å². The van der Waals surface area contributed by atoms with Crippen LogP contribution in [0, 0.1) is 0 Å². The maximum absolute atomic E-state index is 12.7. The molecule has 1 aliphatic heterocycles. The molecule has 4 rings (SSSR count). The summed E-state index contributed by atoms with van der Waals surface area (Å²) in [7, 11) is 1.66. The lowest BCUT2D eigenvalue weighted by atomic mass is 10.0. The number of para-hydroxylation sites is 1. The van der Waals surface area contributed by atoms with Gasteiger partial charge in [-0.1, -0.05) is 29.8 Å². The molecule has 32 heavy (non-hydrogen) atoms. The van der Waals surface area contributed by atoms with Crippen LogP contribution in [0.15, 0.2) is 42.5 Å². The molecule has 1 saturated heterocycles. The van der Waals surface area contributed by atoms with E-state index in [0.29, 0.717) is 22.8 Å². The summed E-state index contributed by atoms with van der Waals surface area (Å²) < 4.78 is 5.56. The van der Waals surface area contributed by atoms with Crippen LogP contribution in [0.25, 0.3) is 0 Å². The second kappa shape index (κ2) is 10.2. The van der Waals surface area contributed by atoms with Gasteiger partial charge in [-0.15, -0.1) is 0 Å². The van der Waals surface area contributed by atoms with Gasteiger partial charge in [0.2, 0.25) is 0 Å². The average molecular weight is 457 g/mol. The monoisotopic (exact) mass is 456 g/mol. The fourth-order valence-electron chi connectivity index (χ4n) is 4.06. The number of ether oxygens (including phenoxy) is 1. The molecule has 1 saturated carbocycles. The zero-order valence-electron chi connectivity index (χ0n) is 18.2. The fraction of sp³-hybridized carbons (Fsp3) is 0.417. The highest BCUT2D eigenvalue weighted by Gasteiger charge is 2.27. The smallest absolute Gasteiger partial charge is 0.319 e. The van der Waals surface area contributed by atoms with Crippen molar-refractivity contribution in [2.45, 2.75) is 37.8 Å². The third kappa shape index (κ3) is 5.53. The summed E-state index contributed by atoms with van der Waals surface area (Å²) in [5.41, 5.74) is 1.94. The molecule has 8 heteroatoms. The van der Waals surface area contributed by atoms with Crippen LogP contribution in [0.3, 0.4) is 0 Å². The van der Waals surface area contributed by atoms with Gasteiger partial charge >= 0.3 is 6.03 Å². The molecule has 2 fully saturated rings. The van der Waals surface area contributed by atoms with Gasteiger partial charge in [-0.25, -0.2) is 4.79 Å². The molecule has 2 aromatic rings. The first-order valence-electron chi connectivity index (χ1n) is 11.1. The van der Waals surface area contributed by atoms with E-state index in [1.807, 2.05) is 24.3 Å². The lowest BCUT2D eigenvalue weighted by molar-refractivity contribution is 0.0951. The zero-order chi connectivity index (χ0) is 22.5. The number of nitrogens with one attached hydrogen (secondary N) is 3. The van der Waals surface area contributed by atoms with Gasteiger partial charge in [0.05, 0.1) is 23.7 Å². The van der Waals surface area contributed by atoms with E-state index >= 15 is 0 Å². The summed E-state index contributed by atoms with van der Waals surface area (Å²) in [5, 5.41) is 9.09. The first-order chi connectivity index (χ1) is 15.5. The number of carbonyl (C=O) groups is 2. The minimum Gasteiger partial charge on any atom is -0.496 e. The standard InChI is InChI=1S/C24H29ClN4O3/c1-32-22-7-3-2-6-18(22)21(29-12-4-5-13-29)15-26-24(31)28-17-10-11-20(25)19(14-17)23(30)27-16-8-9-16/h2-3,6-7,10-11,14,16,21H,4-5,8-9,12-13,15H2,1H3,(H,27,30)(H2,26,28,31). The molecule has 1 aliphatic carbocycles. The molecule has 3 N–H and O–H groups in total. The largest absolute Gasteiger partial charge is 0.496 e. The van der Waals surface area contributed by atoms with Gasteiger partial charge in [0.1, 0.15) is 5.75 Å². The average Bonchev–Trinajstić information content (AvgIpc) is 3.44. The number of amides is 3. The van der Waals surface area contributed by atoms with Gasteiger partial charge in [-0.2, -0.15) is 0 Å². The van der Waals surface area contributed by atoms with Crippen LogP contribution in [0.2, 0.25) is 5.02 Å². The predicted molar refractivity (Wildman–Crippen MR) is 126 cm³/mol. The van der Waals surface area contributed by atoms with Crippen molar-refractivity contribution in [2.75, 3.05) is 32.1 Å². The summed E-state index contributed by atoms with van der Waals surface area (Å²) in [5.74, 6) is 0.599. The maximum Gasteiger partial charge on any atom is 0.319 e. The summed E-state index contributed by atoms with van der Waals surface area (Å²) in [4.78, 5) is 27.4. The van der Waals surface area contributed by atoms with Crippen molar-refractivity contribution in [2.24, 2.45) is 0 Å². The number of carbonyl (C=O) groups excluding carboxylic acids is 2. The summed E-state index contributed by atoms with van der Waals surface area (Å²) in [6, 6.07) is 12.8. The molecule has 3 amide bonds. The van der Waals surface area contributed by atoms with E-state index in [1.165, 1.54) is 0 Å². The number of hydrogen-bond acceptors (Lipinski definition) is 4. The highest BCUT2D eigenvalue weighted by atomic mass is 35.5. The van der Waals surface area contributed by atoms with E-state index < -0.39 is 0 Å². The van der Waals surface area contributed by atoms with Gasteiger partial charge in [-0.05, 0) is 63.0 Å². The molecule has 2 aliphatic rings. The number of rotatable bonds is 8. The molecular weight excluding hydrogens is 428 g/mol. The summed E-state index contributed by atoms with van der Waals surface area (Å²) >= 11 is 6.20. The van der Waals surface area contributed by atoms with Crippen molar-refractivity contribution < 1.29 is 14.3 Å². The van der Waals surface area contributed by atoms with Crippen molar-refractivity contribution in [3.05, 3.63) is 58.6 Å². The van der Waals surface area contributed by atoms with Crippen LogP contribution in [-0.2, 0) is 0 Å². The maximum atomic E-state index is 12.7. The number of hydrogen-bond donors (Lipinski definition) is 3. The SMILES string of the molecule is COc1ccccc1C(CNC(=O)Nc1ccc(Cl)c(C(=O)NC2CC2)c1)N1CCCC1. The molecule has 1 heterocycles. The number of likely N-dealkylation sites (tertiary alicyclic amines) is 1. The molecule has 170 valence electrons. The lowest BCUT2D eigenvalue weighted by Gasteiger charge is -2.29. The Morgan fingerprint density at radius 2 is 1.91 bits per heavy atom. The molecule has 0 spiro atoms. The van der Waals surface area contributed by atoms with Gasteiger partial charge in [-0.3, -0.25) is 9.69 Å². The van der Waals surface area contributed by atoms with Crippen molar-refractivity contribution >= 4 is 29.2 Å². The van der Waals surface area contributed by atoms with E-state index in [1.54, 1.807) is 25.3 Å². The number of benzene rings is 2. The topological polar surface area (TPSA) is 82.7 Å². The molecule has 0 radical (unpaired) electrons. The van der Waals surface area contributed by atoms with Crippen LogP contribution < -0.4 is 20.7 Å². The second-order valence-electron chi connectivity index (χ2n) is 8.28. The molecule has 2 aromatic carbocycles. The molecule has 1 unspecified atom stereocenters. The van der Waals surface area contributed by atoms with Gasteiger partial charge in [0.15, 0.2) is 0 Å². The molecule has 0 bridgehead atoms. The van der Waals surface area contributed by atoms with Crippen LogP contribution in [0.5, 0.6) is 5.75 Å². The van der Waals surface area contributed by atoms with Gasteiger partial charge in [0.25, 0.3) is 5.91 Å². The van der Waals surface area contributed by atoms with Crippen molar-refractivity contribution in [3.63, 3.8) is 0 Å². The van der Waals surface area contributed by atoms with Gasteiger partial charge < -0.3 is 20.7 Å². The molecular formula is C24H29ClN4O3. The predicted octanol–water partition coefficient (Wildman–Crippen LogP) is 4.20. The summed E-state index contributed by atoms with van der Waals surface area (Å²) in [6.45, 7) is 2.42.